The number of piperazine rings is 1. The van der Waals surface area contributed by atoms with Crippen molar-refractivity contribution in [1.82, 2.24) is 14.8 Å². The van der Waals surface area contributed by atoms with Gasteiger partial charge in [0, 0.05) is 43.7 Å². The molecule has 2 N–H and O–H groups in total. The van der Waals surface area contributed by atoms with Crippen molar-refractivity contribution >= 4 is 33.1 Å². The molecule has 1 fully saturated rings. The van der Waals surface area contributed by atoms with Gasteiger partial charge in [0.25, 0.3) is 5.91 Å². The summed E-state index contributed by atoms with van der Waals surface area (Å²) in [6.07, 6.45) is 0. The lowest BCUT2D eigenvalue weighted by atomic mass is 10.1. The van der Waals surface area contributed by atoms with Crippen LogP contribution in [-0.4, -0.2) is 53.7 Å². The van der Waals surface area contributed by atoms with Gasteiger partial charge in [0.15, 0.2) is 11.5 Å². The molecule has 1 saturated heterocycles. The fourth-order valence-corrected chi connectivity index (χ4v) is 5.54. The Morgan fingerprint density at radius 1 is 0.971 bits per heavy atom. The molecule has 34 heavy (non-hydrogen) atoms. The summed E-state index contributed by atoms with van der Waals surface area (Å²) in [4.78, 5) is 23.7. The highest BCUT2D eigenvalue weighted by Gasteiger charge is 2.26. The van der Waals surface area contributed by atoms with Crippen molar-refractivity contribution in [2.75, 3.05) is 38.7 Å². The van der Waals surface area contributed by atoms with Gasteiger partial charge in [0.05, 0.1) is 11.4 Å². The minimum atomic E-state index is -0.00973. The molecule has 0 aliphatic carbocycles. The summed E-state index contributed by atoms with van der Waals surface area (Å²) < 4.78 is 10.9. The number of carbonyl (C=O) groups is 1. The predicted molar refractivity (Wildman–Crippen MR) is 133 cm³/mol. The van der Waals surface area contributed by atoms with Gasteiger partial charge in [-0.05, 0) is 29.8 Å². The van der Waals surface area contributed by atoms with Crippen LogP contribution in [0, 0.1) is 0 Å². The molecule has 4 heterocycles. The number of benzene rings is 2. The van der Waals surface area contributed by atoms with Crippen molar-refractivity contribution in [2.24, 2.45) is 0 Å². The molecule has 4 aromatic rings. The van der Waals surface area contributed by atoms with Gasteiger partial charge in [-0.1, -0.05) is 36.4 Å². The van der Waals surface area contributed by atoms with Crippen LogP contribution in [-0.2, 0) is 6.54 Å². The molecule has 7 nitrogen and oxygen atoms in total. The molecule has 2 aromatic heterocycles. The Kier molecular flexibility index (Phi) is 5.31. The number of aromatic nitrogens is 1. The average Bonchev–Trinajstić information content (AvgIpc) is 3.48. The number of fused-ring (bicyclic) bond motifs is 2. The van der Waals surface area contributed by atoms with E-state index in [0.29, 0.717) is 23.7 Å². The van der Waals surface area contributed by atoms with E-state index in [1.165, 1.54) is 16.9 Å². The molecular formula is C26H24N4O3S. The molecule has 0 spiro atoms. The van der Waals surface area contributed by atoms with E-state index in [-0.39, 0.29) is 12.7 Å². The fraction of sp³-hybridized carbons (Fsp3) is 0.231. The number of carbonyl (C=O) groups excluding carboxylic acids is 1. The Morgan fingerprint density at radius 2 is 1.76 bits per heavy atom. The minimum absolute atomic E-state index is 0.00973. The van der Waals surface area contributed by atoms with Gasteiger partial charge >= 0.3 is 0 Å². The Hall–Kier alpha value is -3.62. The SMILES string of the molecule is Nc1c(C(=O)N2CCN(Cc3ccc4c(c3)OCO4)CC2)sc2nc(-c3ccccc3)ccc12. The molecule has 2 aromatic carbocycles. The Balaban J connectivity index is 1.14. The van der Waals surface area contributed by atoms with Crippen LogP contribution in [0.25, 0.3) is 21.5 Å². The summed E-state index contributed by atoms with van der Waals surface area (Å²) in [7, 11) is 0. The largest absolute Gasteiger partial charge is 0.454 e. The number of hydrogen-bond donors (Lipinski definition) is 1. The Labute approximate surface area is 201 Å². The van der Waals surface area contributed by atoms with E-state index in [1.807, 2.05) is 59.5 Å². The number of anilines is 1. The molecule has 172 valence electrons. The number of ether oxygens (including phenoxy) is 2. The molecule has 0 bridgehead atoms. The summed E-state index contributed by atoms with van der Waals surface area (Å²) in [5, 5.41) is 0.842. The number of nitrogen functional groups attached to an aromatic ring is 1. The second-order valence-electron chi connectivity index (χ2n) is 8.52. The second-order valence-corrected chi connectivity index (χ2v) is 9.52. The third-order valence-electron chi connectivity index (χ3n) is 6.36. The summed E-state index contributed by atoms with van der Waals surface area (Å²) in [5.74, 6) is 1.59. The van der Waals surface area contributed by atoms with E-state index in [0.717, 1.165) is 52.6 Å². The van der Waals surface area contributed by atoms with E-state index in [2.05, 4.69) is 11.0 Å². The topological polar surface area (TPSA) is 80.9 Å². The first-order valence-electron chi connectivity index (χ1n) is 11.3. The molecule has 0 unspecified atom stereocenters. The van der Waals surface area contributed by atoms with Gasteiger partial charge in [0.1, 0.15) is 9.71 Å². The molecular weight excluding hydrogens is 448 g/mol. The summed E-state index contributed by atoms with van der Waals surface area (Å²) in [6.45, 7) is 4.04. The maximum absolute atomic E-state index is 13.3. The van der Waals surface area contributed by atoms with Gasteiger partial charge in [-0.3, -0.25) is 9.69 Å². The third kappa shape index (κ3) is 3.85. The predicted octanol–water partition coefficient (Wildman–Crippen LogP) is 4.23. The molecule has 2 aliphatic heterocycles. The number of nitrogens with two attached hydrogens (primary N) is 1. The van der Waals surface area contributed by atoms with E-state index in [1.54, 1.807) is 0 Å². The van der Waals surface area contributed by atoms with Crippen LogP contribution in [0.4, 0.5) is 5.69 Å². The second kappa shape index (κ2) is 8.62. The maximum atomic E-state index is 13.3. The summed E-state index contributed by atoms with van der Waals surface area (Å²) in [6, 6.07) is 20.0. The number of thiophene rings is 1. The number of amides is 1. The smallest absolute Gasteiger partial charge is 0.266 e. The quantitative estimate of drug-likeness (QED) is 0.479. The lowest BCUT2D eigenvalue weighted by molar-refractivity contribution is 0.0634. The maximum Gasteiger partial charge on any atom is 0.266 e. The van der Waals surface area contributed by atoms with Crippen molar-refractivity contribution in [3.8, 4) is 22.8 Å². The molecule has 0 saturated carbocycles. The minimum Gasteiger partial charge on any atom is -0.454 e. The van der Waals surface area contributed by atoms with Gasteiger partial charge in [-0.15, -0.1) is 11.3 Å². The highest BCUT2D eigenvalue weighted by atomic mass is 32.1. The van der Waals surface area contributed by atoms with Crippen LogP contribution in [0.3, 0.4) is 0 Å². The van der Waals surface area contributed by atoms with Gasteiger partial charge in [-0.2, -0.15) is 0 Å². The first kappa shape index (κ1) is 20.9. The van der Waals surface area contributed by atoms with Gasteiger partial charge < -0.3 is 20.1 Å². The van der Waals surface area contributed by atoms with E-state index in [4.69, 9.17) is 20.2 Å². The van der Waals surface area contributed by atoms with Crippen molar-refractivity contribution in [2.45, 2.75) is 6.54 Å². The molecule has 2 aliphatic rings. The zero-order chi connectivity index (χ0) is 23.1. The number of nitrogens with zero attached hydrogens (tertiary/aromatic N) is 3. The van der Waals surface area contributed by atoms with Crippen LogP contribution in [0.15, 0.2) is 60.7 Å². The summed E-state index contributed by atoms with van der Waals surface area (Å²) >= 11 is 1.38. The first-order valence-corrected chi connectivity index (χ1v) is 12.1. The first-order chi connectivity index (χ1) is 16.7. The number of hydrogen-bond acceptors (Lipinski definition) is 7. The van der Waals surface area contributed by atoms with Gasteiger partial charge in [-0.25, -0.2) is 4.98 Å². The van der Waals surface area contributed by atoms with Crippen molar-refractivity contribution in [3.63, 3.8) is 0 Å². The standard InChI is InChI=1S/C26H24N4O3S/c27-23-19-7-8-20(18-4-2-1-3-5-18)28-25(19)34-24(23)26(31)30-12-10-29(11-13-30)15-17-6-9-21-22(14-17)33-16-32-21/h1-9,14H,10-13,15-16,27H2. The number of pyridine rings is 1. The van der Waals surface area contributed by atoms with Crippen LogP contribution < -0.4 is 15.2 Å². The molecule has 0 atom stereocenters. The van der Waals surface area contributed by atoms with Crippen molar-refractivity contribution < 1.29 is 14.3 Å². The van der Waals surface area contributed by atoms with E-state index in [9.17, 15) is 4.79 Å². The molecule has 8 heteroatoms. The lowest BCUT2D eigenvalue weighted by Crippen LogP contribution is -2.48. The number of rotatable bonds is 4. The van der Waals surface area contributed by atoms with E-state index < -0.39 is 0 Å². The molecule has 6 rings (SSSR count). The Morgan fingerprint density at radius 3 is 2.59 bits per heavy atom. The highest BCUT2D eigenvalue weighted by Crippen LogP contribution is 2.35. The zero-order valence-electron chi connectivity index (χ0n) is 18.6. The van der Waals surface area contributed by atoms with Crippen LogP contribution in [0.2, 0.25) is 0 Å². The Bertz CT molecular complexity index is 1360. The van der Waals surface area contributed by atoms with Gasteiger partial charge in [0.2, 0.25) is 6.79 Å². The molecule has 1 amide bonds. The van der Waals surface area contributed by atoms with E-state index >= 15 is 0 Å². The fourth-order valence-electron chi connectivity index (χ4n) is 4.48. The third-order valence-corrected chi connectivity index (χ3v) is 7.46. The monoisotopic (exact) mass is 472 g/mol. The van der Waals surface area contributed by atoms with Crippen LogP contribution in [0.1, 0.15) is 15.2 Å². The zero-order valence-corrected chi connectivity index (χ0v) is 19.4. The average molecular weight is 473 g/mol. The van der Waals surface area contributed by atoms with Crippen molar-refractivity contribution in [1.29, 1.82) is 0 Å². The lowest BCUT2D eigenvalue weighted by Gasteiger charge is -2.34. The van der Waals surface area contributed by atoms with Crippen LogP contribution in [0.5, 0.6) is 11.5 Å². The van der Waals surface area contributed by atoms with Crippen LogP contribution >= 0.6 is 11.3 Å². The molecule has 0 radical (unpaired) electrons. The summed E-state index contributed by atoms with van der Waals surface area (Å²) in [5.41, 5.74) is 10.0. The van der Waals surface area contributed by atoms with Crippen molar-refractivity contribution in [3.05, 3.63) is 71.1 Å². The highest BCUT2D eigenvalue weighted by molar-refractivity contribution is 7.21. The normalized spacial score (nSPS) is 15.7.